The SMILES string of the molecule is O=C(OCc1ccc(Cl)nc1)C1CCN(S(=O)(=O)c2cccnc2)CC1. The minimum Gasteiger partial charge on any atom is -0.461 e. The summed E-state index contributed by atoms with van der Waals surface area (Å²) in [4.78, 5) is 20.2. The van der Waals surface area contributed by atoms with Crippen molar-refractivity contribution >= 4 is 27.6 Å². The molecule has 0 atom stereocenters. The van der Waals surface area contributed by atoms with Gasteiger partial charge in [0.05, 0.1) is 5.92 Å². The van der Waals surface area contributed by atoms with Gasteiger partial charge in [0.1, 0.15) is 16.7 Å². The fourth-order valence-corrected chi connectivity index (χ4v) is 4.29. The van der Waals surface area contributed by atoms with Gasteiger partial charge in [-0.05, 0) is 31.0 Å². The van der Waals surface area contributed by atoms with E-state index in [1.165, 1.54) is 22.8 Å². The van der Waals surface area contributed by atoms with E-state index in [9.17, 15) is 13.2 Å². The van der Waals surface area contributed by atoms with Crippen molar-refractivity contribution in [3.8, 4) is 0 Å². The highest BCUT2D eigenvalue weighted by Gasteiger charge is 2.32. The molecule has 7 nitrogen and oxygen atoms in total. The molecule has 0 aliphatic carbocycles. The van der Waals surface area contributed by atoms with Crippen molar-refractivity contribution in [2.75, 3.05) is 13.1 Å². The van der Waals surface area contributed by atoms with Crippen molar-refractivity contribution in [1.29, 1.82) is 0 Å². The number of hydrogen-bond donors (Lipinski definition) is 0. The zero-order valence-corrected chi connectivity index (χ0v) is 15.5. The molecule has 1 fully saturated rings. The molecular weight excluding hydrogens is 378 g/mol. The third-order valence-corrected chi connectivity index (χ3v) is 6.33. The van der Waals surface area contributed by atoms with E-state index in [0.717, 1.165) is 5.56 Å². The lowest BCUT2D eigenvalue weighted by atomic mass is 9.98. The average molecular weight is 396 g/mol. The predicted molar refractivity (Wildman–Crippen MR) is 94.8 cm³/mol. The normalized spacial score (nSPS) is 16.3. The van der Waals surface area contributed by atoms with Crippen molar-refractivity contribution in [2.24, 2.45) is 5.92 Å². The number of esters is 1. The molecule has 1 saturated heterocycles. The van der Waals surface area contributed by atoms with Crippen LogP contribution in [-0.4, -0.2) is 41.7 Å². The van der Waals surface area contributed by atoms with Crippen molar-refractivity contribution < 1.29 is 17.9 Å². The highest BCUT2D eigenvalue weighted by Crippen LogP contribution is 2.24. The molecule has 0 unspecified atom stereocenters. The standard InChI is InChI=1S/C17H18ClN3O4S/c18-16-4-3-13(10-20-16)12-25-17(22)14-5-8-21(9-6-14)26(23,24)15-2-1-7-19-11-15/h1-4,7,10-11,14H,5-6,8-9,12H2. The van der Waals surface area contributed by atoms with E-state index in [4.69, 9.17) is 16.3 Å². The van der Waals surface area contributed by atoms with Crippen LogP contribution in [0.4, 0.5) is 0 Å². The summed E-state index contributed by atoms with van der Waals surface area (Å²) in [5.74, 6) is -0.631. The van der Waals surface area contributed by atoms with Crippen LogP contribution < -0.4 is 0 Å². The number of ether oxygens (including phenoxy) is 1. The zero-order chi connectivity index (χ0) is 18.6. The van der Waals surface area contributed by atoms with Gasteiger partial charge in [-0.1, -0.05) is 17.7 Å². The van der Waals surface area contributed by atoms with Gasteiger partial charge < -0.3 is 4.74 Å². The third kappa shape index (κ3) is 4.38. The Morgan fingerprint density at radius 1 is 1.23 bits per heavy atom. The van der Waals surface area contributed by atoms with Crippen molar-refractivity contribution in [3.05, 3.63) is 53.6 Å². The van der Waals surface area contributed by atoms with Gasteiger partial charge in [-0.3, -0.25) is 9.78 Å². The lowest BCUT2D eigenvalue weighted by molar-refractivity contribution is -0.151. The van der Waals surface area contributed by atoms with Crippen LogP contribution >= 0.6 is 11.6 Å². The van der Waals surface area contributed by atoms with Crippen LogP contribution in [-0.2, 0) is 26.2 Å². The minimum absolute atomic E-state index is 0.122. The number of hydrogen-bond acceptors (Lipinski definition) is 6. The summed E-state index contributed by atoms with van der Waals surface area (Å²) in [6.45, 7) is 0.677. The summed E-state index contributed by atoms with van der Waals surface area (Å²) in [6.07, 6.45) is 5.26. The number of carbonyl (C=O) groups is 1. The van der Waals surface area contributed by atoms with E-state index in [1.54, 1.807) is 24.4 Å². The topological polar surface area (TPSA) is 89.5 Å². The number of nitrogens with zero attached hydrogens (tertiary/aromatic N) is 3. The zero-order valence-electron chi connectivity index (χ0n) is 13.9. The highest BCUT2D eigenvalue weighted by atomic mass is 35.5. The molecule has 0 aromatic carbocycles. The minimum atomic E-state index is -3.57. The molecule has 3 rings (SSSR count). The lowest BCUT2D eigenvalue weighted by Gasteiger charge is -2.30. The van der Waals surface area contributed by atoms with E-state index < -0.39 is 10.0 Å². The summed E-state index contributed by atoms with van der Waals surface area (Å²) >= 11 is 5.71. The van der Waals surface area contributed by atoms with Crippen LogP contribution in [0.25, 0.3) is 0 Å². The Hall–Kier alpha value is -2.03. The maximum atomic E-state index is 12.6. The van der Waals surface area contributed by atoms with Gasteiger partial charge in [0.25, 0.3) is 0 Å². The second kappa shape index (κ2) is 8.11. The molecule has 0 radical (unpaired) electrons. The van der Waals surface area contributed by atoms with E-state index in [1.807, 2.05) is 0 Å². The summed E-state index contributed by atoms with van der Waals surface area (Å²) in [6, 6.07) is 6.48. The van der Waals surface area contributed by atoms with Crippen molar-refractivity contribution in [3.63, 3.8) is 0 Å². The largest absolute Gasteiger partial charge is 0.461 e. The number of rotatable bonds is 5. The van der Waals surface area contributed by atoms with Gasteiger partial charge in [0, 0.05) is 37.2 Å². The summed E-state index contributed by atoms with van der Waals surface area (Å²) in [5.41, 5.74) is 0.749. The molecule has 2 aromatic rings. The number of aromatic nitrogens is 2. The smallest absolute Gasteiger partial charge is 0.309 e. The van der Waals surface area contributed by atoms with E-state index >= 15 is 0 Å². The molecule has 138 valence electrons. The average Bonchev–Trinajstić information content (AvgIpc) is 2.68. The van der Waals surface area contributed by atoms with Gasteiger partial charge in [-0.15, -0.1) is 0 Å². The fourth-order valence-electron chi connectivity index (χ4n) is 2.74. The predicted octanol–water partition coefficient (Wildman–Crippen LogP) is 2.27. The molecule has 0 amide bonds. The van der Waals surface area contributed by atoms with Crippen LogP contribution in [0.3, 0.4) is 0 Å². The van der Waals surface area contributed by atoms with Crippen molar-refractivity contribution in [2.45, 2.75) is 24.3 Å². The first-order chi connectivity index (χ1) is 12.5. The van der Waals surface area contributed by atoms with Gasteiger partial charge in [-0.2, -0.15) is 4.31 Å². The molecule has 26 heavy (non-hydrogen) atoms. The van der Waals surface area contributed by atoms with Gasteiger partial charge in [-0.25, -0.2) is 13.4 Å². The van der Waals surface area contributed by atoms with Gasteiger partial charge in [0.2, 0.25) is 10.0 Å². The number of piperidine rings is 1. The molecule has 0 bridgehead atoms. The first-order valence-corrected chi connectivity index (χ1v) is 9.96. The van der Waals surface area contributed by atoms with Crippen LogP contribution in [0.1, 0.15) is 18.4 Å². The second-order valence-corrected chi connectivity index (χ2v) is 8.29. The number of halogens is 1. The maximum Gasteiger partial charge on any atom is 0.309 e. The molecule has 0 spiro atoms. The molecular formula is C17H18ClN3O4S. The Morgan fingerprint density at radius 3 is 2.62 bits per heavy atom. The van der Waals surface area contributed by atoms with Crippen LogP contribution in [0, 0.1) is 5.92 Å². The highest BCUT2D eigenvalue weighted by molar-refractivity contribution is 7.89. The summed E-state index contributed by atoms with van der Waals surface area (Å²) in [7, 11) is -3.57. The van der Waals surface area contributed by atoms with Gasteiger partial charge in [0.15, 0.2) is 0 Å². The summed E-state index contributed by atoms with van der Waals surface area (Å²) < 4.78 is 31.8. The fraction of sp³-hybridized carbons (Fsp3) is 0.353. The molecule has 1 aliphatic heterocycles. The lowest BCUT2D eigenvalue weighted by Crippen LogP contribution is -2.40. The Balaban J connectivity index is 1.53. The molecule has 2 aromatic heterocycles. The molecule has 9 heteroatoms. The molecule has 0 N–H and O–H groups in total. The first kappa shape index (κ1) is 18.8. The first-order valence-electron chi connectivity index (χ1n) is 8.14. The quantitative estimate of drug-likeness (QED) is 0.570. The molecule has 1 aliphatic rings. The number of pyridine rings is 2. The Bertz CT molecular complexity index is 851. The monoisotopic (exact) mass is 395 g/mol. The van der Waals surface area contributed by atoms with Gasteiger partial charge >= 0.3 is 5.97 Å². The van der Waals surface area contributed by atoms with E-state index in [-0.39, 0.29) is 36.5 Å². The van der Waals surface area contributed by atoms with E-state index in [0.29, 0.717) is 18.0 Å². The Kier molecular flexibility index (Phi) is 5.85. The third-order valence-electron chi connectivity index (χ3n) is 4.23. The van der Waals surface area contributed by atoms with Crippen LogP contribution in [0.2, 0.25) is 5.15 Å². The molecule has 3 heterocycles. The maximum absolute atomic E-state index is 12.6. The Morgan fingerprint density at radius 2 is 2.00 bits per heavy atom. The van der Waals surface area contributed by atoms with Crippen molar-refractivity contribution in [1.82, 2.24) is 14.3 Å². The number of carbonyl (C=O) groups excluding carboxylic acids is 1. The van der Waals surface area contributed by atoms with Crippen LogP contribution in [0.15, 0.2) is 47.8 Å². The molecule has 0 saturated carbocycles. The Labute approximate surface area is 157 Å². The second-order valence-electron chi connectivity index (χ2n) is 5.96. The van der Waals surface area contributed by atoms with E-state index in [2.05, 4.69) is 9.97 Å². The summed E-state index contributed by atoms with van der Waals surface area (Å²) in [5, 5.41) is 0.377. The van der Waals surface area contributed by atoms with Crippen LogP contribution in [0.5, 0.6) is 0 Å². The number of sulfonamides is 1.